The van der Waals surface area contributed by atoms with E-state index in [1.807, 2.05) is 0 Å². The summed E-state index contributed by atoms with van der Waals surface area (Å²) < 4.78 is 4.59. The van der Waals surface area contributed by atoms with E-state index >= 15 is 0 Å². The largest absolute Gasteiger partial charge is 0.469 e. The van der Waals surface area contributed by atoms with Gasteiger partial charge in [0.05, 0.1) is 13.5 Å². The Kier molecular flexibility index (Phi) is 7.00. The maximum atomic E-state index is 12.1. The molecule has 1 aliphatic rings. The summed E-state index contributed by atoms with van der Waals surface area (Å²) in [7, 11) is 1.35. The van der Waals surface area contributed by atoms with Crippen molar-refractivity contribution < 1.29 is 14.3 Å². The first-order chi connectivity index (χ1) is 9.17. The van der Waals surface area contributed by atoms with Crippen LogP contribution in [0.15, 0.2) is 12.7 Å². The Morgan fingerprint density at radius 3 is 2.63 bits per heavy atom. The molecule has 0 atom stereocenters. The molecule has 108 valence electrons. The van der Waals surface area contributed by atoms with Crippen LogP contribution in [0.4, 0.5) is 4.79 Å². The van der Waals surface area contributed by atoms with Crippen LogP contribution in [0.5, 0.6) is 0 Å². The van der Waals surface area contributed by atoms with Crippen molar-refractivity contribution in [1.29, 1.82) is 0 Å². The number of urea groups is 1. The van der Waals surface area contributed by atoms with E-state index < -0.39 is 0 Å². The second-order valence-corrected chi connectivity index (χ2v) is 4.85. The Labute approximate surface area is 115 Å². The maximum Gasteiger partial charge on any atom is 0.317 e. The minimum absolute atomic E-state index is 0.115. The molecule has 0 aromatic carbocycles. The van der Waals surface area contributed by atoms with Gasteiger partial charge in [0.25, 0.3) is 0 Å². The predicted octanol–water partition coefficient (Wildman–Crippen LogP) is 2.08. The van der Waals surface area contributed by atoms with Crippen LogP contribution in [0.25, 0.3) is 0 Å². The molecule has 0 spiro atoms. The monoisotopic (exact) mass is 268 g/mol. The van der Waals surface area contributed by atoms with Crippen molar-refractivity contribution in [1.82, 2.24) is 10.2 Å². The Morgan fingerprint density at radius 2 is 2.05 bits per heavy atom. The van der Waals surface area contributed by atoms with Crippen LogP contribution in [0.2, 0.25) is 0 Å². The van der Waals surface area contributed by atoms with E-state index in [0.717, 1.165) is 12.8 Å². The van der Waals surface area contributed by atoms with Crippen molar-refractivity contribution >= 4 is 12.0 Å². The van der Waals surface area contributed by atoms with Crippen molar-refractivity contribution in [3.63, 3.8) is 0 Å². The first kappa shape index (κ1) is 15.5. The minimum atomic E-state index is -0.306. The number of amides is 2. The lowest BCUT2D eigenvalue weighted by molar-refractivity contribution is -0.140. The summed E-state index contributed by atoms with van der Waals surface area (Å²) in [6.45, 7) is 4.44. The quantitative estimate of drug-likeness (QED) is 0.592. The average Bonchev–Trinajstić information content (AvgIpc) is 2.44. The molecule has 1 saturated carbocycles. The minimum Gasteiger partial charge on any atom is -0.469 e. The highest BCUT2D eigenvalue weighted by Crippen LogP contribution is 2.17. The molecule has 5 heteroatoms. The maximum absolute atomic E-state index is 12.1. The molecule has 0 unspecified atom stereocenters. The first-order valence-electron chi connectivity index (χ1n) is 6.90. The summed E-state index contributed by atoms with van der Waals surface area (Å²) in [6.07, 6.45) is 7.57. The van der Waals surface area contributed by atoms with E-state index in [1.54, 1.807) is 11.0 Å². The van der Waals surface area contributed by atoms with E-state index in [2.05, 4.69) is 16.6 Å². The van der Waals surface area contributed by atoms with Gasteiger partial charge in [0.1, 0.15) is 0 Å². The highest BCUT2D eigenvalue weighted by molar-refractivity contribution is 5.76. The highest BCUT2D eigenvalue weighted by Gasteiger charge is 2.19. The highest BCUT2D eigenvalue weighted by atomic mass is 16.5. The third-order valence-electron chi connectivity index (χ3n) is 3.38. The summed E-state index contributed by atoms with van der Waals surface area (Å²) in [5, 5.41) is 3.03. The molecule has 5 nitrogen and oxygen atoms in total. The van der Waals surface area contributed by atoms with Crippen LogP contribution < -0.4 is 5.32 Å². The number of esters is 1. The van der Waals surface area contributed by atoms with Crippen LogP contribution in [0.1, 0.15) is 38.5 Å². The number of hydrogen-bond donors (Lipinski definition) is 1. The molecule has 0 radical (unpaired) electrons. The molecule has 0 heterocycles. The molecule has 1 N–H and O–H groups in total. The molecule has 19 heavy (non-hydrogen) atoms. The number of methoxy groups -OCH3 is 1. The van der Waals surface area contributed by atoms with E-state index in [9.17, 15) is 9.59 Å². The van der Waals surface area contributed by atoms with Gasteiger partial charge in [0.15, 0.2) is 0 Å². The van der Waals surface area contributed by atoms with Crippen LogP contribution in [-0.2, 0) is 9.53 Å². The zero-order chi connectivity index (χ0) is 14.1. The van der Waals surface area contributed by atoms with Crippen molar-refractivity contribution in [2.75, 3.05) is 20.2 Å². The Balaban J connectivity index is 2.41. The number of ether oxygens (including phenoxy) is 1. The summed E-state index contributed by atoms with van der Waals surface area (Å²) in [5.74, 6) is -0.306. The third-order valence-corrected chi connectivity index (χ3v) is 3.38. The van der Waals surface area contributed by atoms with Gasteiger partial charge in [-0.1, -0.05) is 25.3 Å². The summed E-state index contributed by atoms with van der Waals surface area (Å²) in [4.78, 5) is 24.8. The van der Waals surface area contributed by atoms with E-state index in [-0.39, 0.29) is 24.5 Å². The van der Waals surface area contributed by atoms with Gasteiger partial charge in [-0.15, -0.1) is 6.58 Å². The average molecular weight is 268 g/mol. The number of carbonyl (C=O) groups is 2. The second-order valence-electron chi connectivity index (χ2n) is 4.85. The number of hydrogen-bond acceptors (Lipinski definition) is 3. The zero-order valence-electron chi connectivity index (χ0n) is 11.7. The van der Waals surface area contributed by atoms with Crippen molar-refractivity contribution in [3.05, 3.63) is 12.7 Å². The van der Waals surface area contributed by atoms with Crippen molar-refractivity contribution in [2.24, 2.45) is 0 Å². The Bertz CT molecular complexity index is 312. The SMILES string of the molecule is C=CCN(CCC(=O)OC)C(=O)NC1CCCCC1. The van der Waals surface area contributed by atoms with Crippen LogP contribution in [-0.4, -0.2) is 43.1 Å². The fraction of sp³-hybridized carbons (Fsp3) is 0.714. The molecular weight excluding hydrogens is 244 g/mol. The van der Waals surface area contributed by atoms with Gasteiger partial charge in [-0.2, -0.15) is 0 Å². The molecule has 0 aromatic heterocycles. The summed E-state index contributed by atoms with van der Waals surface area (Å²) >= 11 is 0. The van der Waals surface area contributed by atoms with E-state index in [1.165, 1.54) is 26.4 Å². The molecule has 0 aliphatic heterocycles. The number of nitrogens with zero attached hydrogens (tertiary/aromatic N) is 1. The smallest absolute Gasteiger partial charge is 0.317 e. The van der Waals surface area contributed by atoms with Crippen LogP contribution >= 0.6 is 0 Å². The number of rotatable bonds is 6. The number of carbonyl (C=O) groups excluding carboxylic acids is 2. The predicted molar refractivity (Wildman–Crippen MR) is 73.8 cm³/mol. The lowest BCUT2D eigenvalue weighted by Gasteiger charge is -2.27. The zero-order valence-corrected chi connectivity index (χ0v) is 11.7. The fourth-order valence-electron chi connectivity index (χ4n) is 2.27. The van der Waals surface area contributed by atoms with Crippen LogP contribution in [0.3, 0.4) is 0 Å². The van der Waals surface area contributed by atoms with Gasteiger partial charge < -0.3 is 15.0 Å². The summed E-state index contributed by atoms with van der Waals surface area (Å²) in [5.41, 5.74) is 0. The van der Waals surface area contributed by atoms with Gasteiger partial charge in [-0.05, 0) is 12.8 Å². The third kappa shape index (κ3) is 5.77. The molecule has 0 saturated heterocycles. The molecular formula is C14H24N2O3. The molecule has 2 amide bonds. The molecule has 1 rings (SSSR count). The van der Waals surface area contributed by atoms with E-state index in [0.29, 0.717) is 13.1 Å². The lowest BCUT2D eigenvalue weighted by Crippen LogP contribution is -2.46. The van der Waals surface area contributed by atoms with Gasteiger partial charge in [0.2, 0.25) is 0 Å². The molecule has 1 aliphatic carbocycles. The van der Waals surface area contributed by atoms with Crippen molar-refractivity contribution in [2.45, 2.75) is 44.6 Å². The number of nitrogens with one attached hydrogen (secondary N) is 1. The standard InChI is InChI=1S/C14H24N2O3/c1-3-10-16(11-9-13(17)19-2)14(18)15-12-7-5-4-6-8-12/h3,12H,1,4-11H2,2H3,(H,15,18). The Hall–Kier alpha value is -1.52. The van der Waals surface area contributed by atoms with Gasteiger partial charge in [-0.25, -0.2) is 4.79 Å². The first-order valence-corrected chi connectivity index (χ1v) is 6.90. The lowest BCUT2D eigenvalue weighted by atomic mass is 9.96. The van der Waals surface area contributed by atoms with Crippen molar-refractivity contribution in [3.8, 4) is 0 Å². The van der Waals surface area contributed by atoms with Gasteiger partial charge >= 0.3 is 12.0 Å². The topological polar surface area (TPSA) is 58.6 Å². The van der Waals surface area contributed by atoms with Gasteiger partial charge in [-0.3, -0.25) is 4.79 Å². The van der Waals surface area contributed by atoms with Crippen LogP contribution in [0, 0.1) is 0 Å². The molecule has 0 aromatic rings. The van der Waals surface area contributed by atoms with Gasteiger partial charge in [0, 0.05) is 19.1 Å². The summed E-state index contributed by atoms with van der Waals surface area (Å²) in [6, 6.07) is 0.155. The fourth-order valence-corrected chi connectivity index (χ4v) is 2.27. The van der Waals surface area contributed by atoms with E-state index in [4.69, 9.17) is 0 Å². The normalized spacial score (nSPS) is 15.6. The molecule has 0 bridgehead atoms. The second kappa shape index (κ2) is 8.56. The molecule has 1 fully saturated rings. The Morgan fingerprint density at radius 1 is 1.37 bits per heavy atom.